The molecule has 0 spiro atoms. The lowest BCUT2D eigenvalue weighted by Crippen LogP contribution is -2.16. The molecule has 3 unspecified atom stereocenters. The Balaban J connectivity index is 2.46. The Hall–Kier alpha value is 0.440. The fraction of sp³-hybridized carbons (Fsp3) is 1.00. The topological polar surface area (TPSA) is 46.5 Å². The Bertz CT molecular complexity index is 183. The third kappa shape index (κ3) is 2.46. The first-order valence-corrected chi connectivity index (χ1v) is 6.55. The van der Waals surface area contributed by atoms with Crippen LogP contribution in [0.3, 0.4) is 0 Å². The van der Waals surface area contributed by atoms with Gasteiger partial charge in [0.05, 0.1) is 24.2 Å². The standard InChI is InChI=1S/C7H14ClO3P/c1-2-3-11-12(10)4-6(8)7(9)5-12/h6-7,9H,2-5H2,1H3. The zero-order valence-electron chi connectivity index (χ0n) is 7.07. The van der Waals surface area contributed by atoms with E-state index in [1.807, 2.05) is 6.92 Å². The molecule has 0 bridgehead atoms. The van der Waals surface area contributed by atoms with Crippen LogP contribution in [0.1, 0.15) is 13.3 Å². The van der Waals surface area contributed by atoms with Gasteiger partial charge in [0.25, 0.3) is 0 Å². The molecular weight excluding hydrogens is 199 g/mol. The molecule has 0 saturated carbocycles. The predicted octanol–water partition coefficient (Wildman–Crippen LogP) is 1.67. The number of hydrogen-bond acceptors (Lipinski definition) is 3. The van der Waals surface area contributed by atoms with E-state index in [0.717, 1.165) is 6.42 Å². The van der Waals surface area contributed by atoms with Crippen molar-refractivity contribution in [3.05, 3.63) is 0 Å². The molecule has 0 aromatic rings. The van der Waals surface area contributed by atoms with Gasteiger partial charge in [-0.3, -0.25) is 4.57 Å². The zero-order chi connectivity index (χ0) is 9.19. The summed E-state index contributed by atoms with van der Waals surface area (Å²) in [5, 5.41) is 8.85. The molecule has 1 saturated heterocycles. The van der Waals surface area contributed by atoms with Gasteiger partial charge in [-0.15, -0.1) is 11.6 Å². The number of halogens is 1. The highest BCUT2D eigenvalue weighted by molar-refractivity contribution is 7.59. The molecule has 3 nitrogen and oxygen atoms in total. The minimum Gasteiger partial charge on any atom is -0.391 e. The first-order valence-electron chi connectivity index (χ1n) is 4.12. The summed E-state index contributed by atoms with van der Waals surface area (Å²) in [7, 11) is -2.58. The van der Waals surface area contributed by atoms with Crippen LogP contribution < -0.4 is 0 Å². The fourth-order valence-corrected chi connectivity index (χ4v) is 4.54. The van der Waals surface area contributed by atoms with Crippen LogP contribution in [-0.4, -0.2) is 35.5 Å². The highest BCUT2D eigenvalue weighted by Crippen LogP contribution is 2.54. The van der Waals surface area contributed by atoms with Crippen LogP contribution in [0.4, 0.5) is 0 Å². The quantitative estimate of drug-likeness (QED) is 0.572. The van der Waals surface area contributed by atoms with E-state index in [9.17, 15) is 9.67 Å². The normalized spacial score (nSPS) is 41.9. The molecule has 1 aliphatic rings. The zero-order valence-corrected chi connectivity index (χ0v) is 8.72. The molecule has 12 heavy (non-hydrogen) atoms. The van der Waals surface area contributed by atoms with Crippen molar-refractivity contribution in [2.75, 3.05) is 18.9 Å². The first-order chi connectivity index (χ1) is 5.57. The van der Waals surface area contributed by atoms with Crippen molar-refractivity contribution < 1.29 is 14.2 Å². The van der Waals surface area contributed by atoms with Crippen molar-refractivity contribution >= 4 is 19.0 Å². The highest BCUT2D eigenvalue weighted by Gasteiger charge is 2.40. The van der Waals surface area contributed by atoms with Gasteiger partial charge in [0.15, 0.2) is 0 Å². The predicted molar refractivity (Wildman–Crippen MR) is 49.2 cm³/mol. The van der Waals surface area contributed by atoms with Crippen LogP contribution >= 0.6 is 19.0 Å². The van der Waals surface area contributed by atoms with Gasteiger partial charge in [-0.05, 0) is 6.42 Å². The van der Waals surface area contributed by atoms with Crippen LogP contribution in [-0.2, 0) is 9.09 Å². The van der Waals surface area contributed by atoms with Crippen LogP contribution in [0.25, 0.3) is 0 Å². The lowest BCUT2D eigenvalue weighted by molar-refractivity contribution is 0.203. The third-order valence-electron chi connectivity index (χ3n) is 1.87. The van der Waals surface area contributed by atoms with E-state index in [-0.39, 0.29) is 6.16 Å². The van der Waals surface area contributed by atoms with Crippen molar-refractivity contribution in [3.8, 4) is 0 Å². The summed E-state index contributed by atoms with van der Waals surface area (Å²) in [6.07, 6.45) is 0.721. The minimum atomic E-state index is -2.58. The molecule has 1 heterocycles. The highest BCUT2D eigenvalue weighted by atomic mass is 35.5. The number of alkyl halides is 1. The van der Waals surface area contributed by atoms with Gasteiger partial charge in [-0.1, -0.05) is 6.92 Å². The third-order valence-corrected chi connectivity index (χ3v) is 5.06. The minimum absolute atomic E-state index is 0.223. The Morgan fingerprint density at radius 2 is 2.33 bits per heavy atom. The van der Waals surface area contributed by atoms with E-state index in [1.165, 1.54) is 0 Å². The van der Waals surface area contributed by atoms with Crippen molar-refractivity contribution in [2.24, 2.45) is 0 Å². The molecule has 1 aliphatic heterocycles. The maximum atomic E-state index is 11.7. The summed E-state index contributed by atoms with van der Waals surface area (Å²) in [6, 6.07) is 0. The van der Waals surface area contributed by atoms with Gasteiger partial charge >= 0.3 is 0 Å². The van der Waals surface area contributed by atoms with E-state index in [2.05, 4.69) is 0 Å². The van der Waals surface area contributed by atoms with Gasteiger partial charge in [0.1, 0.15) is 0 Å². The summed E-state index contributed by atoms with van der Waals surface area (Å²) in [6.45, 7) is 2.45. The molecule has 0 aromatic carbocycles. The number of aliphatic hydroxyl groups excluding tert-OH is 1. The summed E-state index contributed by atoms with van der Waals surface area (Å²) in [5.41, 5.74) is 0. The number of hydrogen-bond donors (Lipinski definition) is 1. The maximum Gasteiger partial charge on any atom is 0.207 e. The second-order valence-corrected chi connectivity index (χ2v) is 6.27. The lowest BCUT2D eigenvalue weighted by Gasteiger charge is -2.10. The maximum absolute atomic E-state index is 11.7. The van der Waals surface area contributed by atoms with Crippen molar-refractivity contribution in [2.45, 2.75) is 24.8 Å². The van der Waals surface area contributed by atoms with Gasteiger partial charge in [-0.2, -0.15) is 0 Å². The van der Waals surface area contributed by atoms with Crippen LogP contribution in [0.5, 0.6) is 0 Å². The molecule has 0 amide bonds. The monoisotopic (exact) mass is 212 g/mol. The Morgan fingerprint density at radius 1 is 1.67 bits per heavy atom. The molecule has 1 N–H and O–H groups in total. The van der Waals surface area contributed by atoms with Crippen LogP contribution in [0.2, 0.25) is 0 Å². The van der Waals surface area contributed by atoms with E-state index in [1.54, 1.807) is 0 Å². The van der Waals surface area contributed by atoms with Crippen LogP contribution in [0.15, 0.2) is 0 Å². The van der Waals surface area contributed by atoms with Gasteiger partial charge in [-0.25, -0.2) is 0 Å². The SMILES string of the molecule is CCCOP1(=O)CC(O)C(Cl)C1. The van der Waals surface area contributed by atoms with E-state index < -0.39 is 18.8 Å². The lowest BCUT2D eigenvalue weighted by atomic mass is 10.3. The van der Waals surface area contributed by atoms with Gasteiger partial charge in [0.2, 0.25) is 7.37 Å². The van der Waals surface area contributed by atoms with E-state index in [4.69, 9.17) is 16.1 Å². The van der Waals surface area contributed by atoms with E-state index >= 15 is 0 Å². The second kappa shape index (κ2) is 4.10. The average Bonchev–Trinajstić information content (AvgIpc) is 2.24. The molecule has 0 aromatic heterocycles. The fourth-order valence-electron chi connectivity index (χ4n) is 1.22. The van der Waals surface area contributed by atoms with Crippen molar-refractivity contribution in [3.63, 3.8) is 0 Å². The Kier molecular flexibility index (Phi) is 3.59. The molecular formula is C7H14ClO3P. The summed E-state index contributed by atoms with van der Waals surface area (Å²) in [5.74, 6) is 0. The summed E-state index contributed by atoms with van der Waals surface area (Å²) >= 11 is 5.72. The smallest absolute Gasteiger partial charge is 0.207 e. The molecule has 1 rings (SSSR count). The van der Waals surface area contributed by atoms with Gasteiger partial charge < -0.3 is 9.63 Å². The molecule has 3 atom stereocenters. The number of rotatable bonds is 3. The van der Waals surface area contributed by atoms with Crippen LogP contribution in [0, 0.1) is 0 Å². The molecule has 0 radical (unpaired) electrons. The average molecular weight is 213 g/mol. The van der Waals surface area contributed by atoms with E-state index in [0.29, 0.717) is 12.8 Å². The summed E-state index contributed by atoms with van der Waals surface area (Å²) < 4.78 is 16.9. The first kappa shape index (κ1) is 10.5. The molecule has 0 aliphatic carbocycles. The van der Waals surface area contributed by atoms with Crippen molar-refractivity contribution in [1.29, 1.82) is 0 Å². The second-order valence-electron chi connectivity index (χ2n) is 3.10. The summed E-state index contributed by atoms with van der Waals surface area (Å²) in [4.78, 5) is 0. The molecule has 72 valence electrons. The Morgan fingerprint density at radius 3 is 2.75 bits per heavy atom. The van der Waals surface area contributed by atoms with Crippen molar-refractivity contribution in [1.82, 2.24) is 0 Å². The largest absolute Gasteiger partial charge is 0.391 e. The number of aliphatic hydroxyl groups is 1. The molecule has 5 heteroatoms. The molecule has 1 fully saturated rings. The van der Waals surface area contributed by atoms with Gasteiger partial charge in [0, 0.05) is 6.16 Å². The Labute approximate surface area is 77.5 Å².